The van der Waals surface area contributed by atoms with Gasteiger partial charge in [-0.1, -0.05) is 23.7 Å². The van der Waals surface area contributed by atoms with Crippen LogP contribution in [0.1, 0.15) is 5.56 Å². The highest BCUT2D eigenvalue weighted by molar-refractivity contribution is 9.10. The van der Waals surface area contributed by atoms with Crippen LogP contribution in [0, 0.1) is 0 Å². The molecular weight excluding hydrogens is 272 g/mol. The molecule has 0 aliphatic carbocycles. The van der Waals surface area contributed by atoms with Gasteiger partial charge in [-0.15, -0.1) is 11.3 Å². The standard InChI is InChI=1S/C9H6BrClOS/c10-7-4-13-9-6(7)2-1-5(3-12)8(9)11/h1-2,4,12H,3H2. The van der Waals surface area contributed by atoms with Gasteiger partial charge < -0.3 is 5.11 Å². The number of aliphatic hydroxyl groups is 1. The Bertz CT molecular complexity index is 452. The number of benzene rings is 1. The van der Waals surface area contributed by atoms with E-state index in [2.05, 4.69) is 15.9 Å². The Morgan fingerprint density at radius 2 is 2.23 bits per heavy atom. The Kier molecular flexibility index (Phi) is 2.60. The summed E-state index contributed by atoms with van der Waals surface area (Å²) in [6, 6.07) is 3.81. The summed E-state index contributed by atoms with van der Waals surface area (Å²) in [7, 11) is 0. The first kappa shape index (κ1) is 9.46. The molecule has 0 fully saturated rings. The molecule has 0 aliphatic heterocycles. The minimum atomic E-state index is -0.00963. The Hall–Kier alpha value is -0.0900. The molecule has 2 aromatic rings. The first-order chi connectivity index (χ1) is 6.24. The van der Waals surface area contributed by atoms with Crippen LogP contribution in [-0.2, 0) is 6.61 Å². The van der Waals surface area contributed by atoms with Crippen LogP contribution in [0.15, 0.2) is 22.0 Å². The quantitative estimate of drug-likeness (QED) is 0.840. The van der Waals surface area contributed by atoms with Crippen LogP contribution in [-0.4, -0.2) is 5.11 Å². The van der Waals surface area contributed by atoms with Gasteiger partial charge in [0.15, 0.2) is 0 Å². The number of rotatable bonds is 1. The first-order valence-corrected chi connectivity index (χ1v) is 5.74. The predicted molar refractivity (Wildman–Crippen MR) is 60.5 cm³/mol. The van der Waals surface area contributed by atoms with Crippen LogP contribution < -0.4 is 0 Å². The van der Waals surface area contributed by atoms with Crippen molar-refractivity contribution in [1.29, 1.82) is 0 Å². The van der Waals surface area contributed by atoms with E-state index in [1.165, 1.54) is 0 Å². The molecule has 2 rings (SSSR count). The van der Waals surface area contributed by atoms with E-state index >= 15 is 0 Å². The summed E-state index contributed by atoms with van der Waals surface area (Å²) in [4.78, 5) is 0. The van der Waals surface area contributed by atoms with E-state index in [4.69, 9.17) is 16.7 Å². The smallest absolute Gasteiger partial charge is 0.0696 e. The zero-order chi connectivity index (χ0) is 9.42. The zero-order valence-corrected chi connectivity index (χ0v) is 9.71. The lowest BCUT2D eigenvalue weighted by Gasteiger charge is -2.00. The molecule has 0 unspecified atom stereocenters. The molecule has 0 saturated heterocycles. The maximum atomic E-state index is 8.99. The third-order valence-corrected chi connectivity index (χ3v) is 4.40. The van der Waals surface area contributed by atoms with E-state index in [0.717, 1.165) is 20.1 Å². The van der Waals surface area contributed by atoms with Crippen molar-refractivity contribution in [3.63, 3.8) is 0 Å². The summed E-state index contributed by atoms with van der Waals surface area (Å²) in [5.41, 5.74) is 0.781. The second-order valence-corrected chi connectivity index (χ2v) is 4.77. The second-order valence-electron chi connectivity index (χ2n) is 2.66. The largest absolute Gasteiger partial charge is 0.392 e. The maximum absolute atomic E-state index is 8.99. The molecule has 0 amide bonds. The molecule has 13 heavy (non-hydrogen) atoms. The van der Waals surface area contributed by atoms with Crippen LogP contribution in [0.25, 0.3) is 10.1 Å². The van der Waals surface area contributed by atoms with E-state index in [0.29, 0.717) is 5.02 Å². The monoisotopic (exact) mass is 276 g/mol. The predicted octanol–water partition coefficient (Wildman–Crippen LogP) is 3.81. The average molecular weight is 278 g/mol. The third-order valence-electron chi connectivity index (χ3n) is 1.88. The van der Waals surface area contributed by atoms with E-state index in [-0.39, 0.29) is 6.61 Å². The van der Waals surface area contributed by atoms with Gasteiger partial charge in [0.1, 0.15) is 0 Å². The van der Waals surface area contributed by atoms with Gasteiger partial charge in [-0.3, -0.25) is 0 Å². The molecule has 0 aliphatic rings. The van der Waals surface area contributed by atoms with Gasteiger partial charge in [-0.05, 0) is 21.5 Å². The van der Waals surface area contributed by atoms with E-state index in [9.17, 15) is 0 Å². The van der Waals surface area contributed by atoms with Gasteiger partial charge in [0.05, 0.1) is 16.3 Å². The molecule has 1 nitrogen and oxygen atoms in total. The summed E-state index contributed by atoms with van der Waals surface area (Å²) >= 11 is 11.1. The summed E-state index contributed by atoms with van der Waals surface area (Å²) < 4.78 is 2.08. The van der Waals surface area contributed by atoms with Gasteiger partial charge in [0, 0.05) is 15.2 Å². The molecule has 0 spiro atoms. The SMILES string of the molecule is OCc1ccc2c(Br)csc2c1Cl. The number of fused-ring (bicyclic) bond motifs is 1. The Morgan fingerprint density at radius 1 is 1.46 bits per heavy atom. The maximum Gasteiger partial charge on any atom is 0.0696 e. The number of thiophene rings is 1. The zero-order valence-electron chi connectivity index (χ0n) is 6.55. The lowest BCUT2D eigenvalue weighted by atomic mass is 10.2. The fourth-order valence-corrected chi connectivity index (χ4v) is 3.18. The third kappa shape index (κ3) is 1.50. The Balaban J connectivity index is 2.80. The van der Waals surface area contributed by atoms with Crippen LogP contribution in [0.3, 0.4) is 0 Å². The highest BCUT2D eigenvalue weighted by atomic mass is 79.9. The second kappa shape index (κ2) is 3.58. The molecule has 0 bridgehead atoms. The van der Waals surface area contributed by atoms with Crippen molar-refractivity contribution in [2.75, 3.05) is 0 Å². The van der Waals surface area contributed by atoms with Crippen molar-refractivity contribution in [2.24, 2.45) is 0 Å². The highest BCUT2D eigenvalue weighted by Crippen LogP contribution is 2.36. The van der Waals surface area contributed by atoms with Crippen LogP contribution in [0.5, 0.6) is 0 Å². The summed E-state index contributed by atoms with van der Waals surface area (Å²) in [6.45, 7) is -0.00963. The highest BCUT2D eigenvalue weighted by Gasteiger charge is 2.08. The van der Waals surface area contributed by atoms with Gasteiger partial charge in [0.25, 0.3) is 0 Å². The molecule has 0 radical (unpaired) electrons. The summed E-state index contributed by atoms with van der Waals surface area (Å²) in [5, 5.41) is 12.8. The van der Waals surface area contributed by atoms with Crippen LogP contribution in [0.4, 0.5) is 0 Å². The van der Waals surface area contributed by atoms with E-state index in [1.54, 1.807) is 11.3 Å². The Morgan fingerprint density at radius 3 is 2.92 bits per heavy atom. The van der Waals surface area contributed by atoms with Crippen molar-refractivity contribution in [3.8, 4) is 0 Å². The molecule has 0 atom stereocenters. The van der Waals surface area contributed by atoms with Gasteiger partial charge in [0.2, 0.25) is 0 Å². The van der Waals surface area contributed by atoms with Crippen molar-refractivity contribution < 1.29 is 5.11 Å². The molecular formula is C9H6BrClOS. The number of aliphatic hydroxyl groups excluding tert-OH is 1. The van der Waals surface area contributed by atoms with Crippen molar-refractivity contribution >= 4 is 49.0 Å². The number of hydrogen-bond donors (Lipinski definition) is 1. The Labute approximate surface area is 93.1 Å². The molecule has 1 N–H and O–H groups in total. The van der Waals surface area contributed by atoms with E-state index < -0.39 is 0 Å². The topological polar surface area (TPSA) is 20.2 Å². The molecule has 1 aromatic carbocycles. The molecule has 68 valence electrons. The summed E-state index contributed by atoms with van der Waals surface area (Å²) in [6.07, 6.45) is 0. The van der Waals surface area contributed by atoms with E-state index in [1.807, 2.05) is 17.5 Å². The average Bonchev–Trinajstić information content (AvgIpc) is 2.50. The van der Waals surface area contributed by atoms with Crippen LogP contribution >= 0.6 is 38.9 Å². The van der Waals surface area contributed by atoms with Crippen molar-refractivity contribution in [1.82, 2.24) is 0 Å². The molecule has 1 heterocycles. The van der Waals surface area contributed by atoms with Gasteiger partial charge in [-0.25, -0.2) is 0 Å². The van der Waals surface area contributed by atoms with Gasteiger partial charge >= 0.3 is 0 Å². The van der Waals surface area contributed by atoms with Crippen molar-refractivity contribution in [2.45, 2.75) is 6.61 Å². The lowest BCUT2D eigenvalue weighted by Crippen LogP contribution is -1.83. The molecule has 1 aromatic heterocycles. The molecule has 0 saturated carbocycles. The van der Waals surface area contributed by atoms with Crippen molar-refractivity contribution in [3.05, 3.63) is 32.6 Å². The fourth-order valence-electron chi connectivity index (χ4n) is 1.20. The lowest BCUT2D eigenvalue weighted by molar-refractivity contribution is 0.282. The minimum absolute atomic E-state index is 0.00963. The number of halogens is 2. The summed E-state index contributed by atoms with van der Waals surface area (Å²) in [5.74, 6) is 0. The fraction of sp³-hybridized carbons (Fsp3) is 0.111. The molecule has 4 heteroatoms. The first-order valence-electron chi connectivity index (χ1n) is 3.69. The number of hydrogen-bond acceptors (Lipinski definition) is 2. The normalized spacial score (nSPS) is 11.0. The minimum Gasteiger partial charge on any atom is -0.392 e. The van der Waals surface area contributed by atoms with Crippen LogP contribution in [0.2, 0.25) is 5.02 Å². The van der Waals surface area contributed by atoms with Gasteiger partial charge in [-0.2, -0.15) is 0 Å².